The molecule has 12 heteroatoms. The average Bonchev–Trinajstić information content (AvgIpc) is 3.70. The molecule has 8 rings (SSSR count). The Labute approximate surface area is 340 Å². The van der Waals surface area contributed by atoms with E-state index in [4.69, 9.17) is 21.1 Å². The van der Waals surface area contributed by atoms with E-state index >= 15 is 0 Å². The van der Waals surface area contributed by atoms with Crippen molar-refractivity contribution in [3.8, 4) is 22.6 Å². The lowest BCUT2D eigenvalue weighted by Gasteiger charge is -2.36. The summed E-state index contributed by atoms with van der Waals surface area (Å²) in [6.45, 7) is 9.08. The second kappa shape index (κ2) is 17.2. The molecule has 2 fully saturated rings. The number of carbonyl (C=O) groups excluding carboxylic acids is 1. The first kappa shape index (κ1) is 38.8. The number of hydrogen-bond acceptors (Lipinski definition) is 9. The van der Waals surface area contributed by atoms with Crippen LogP contribution in [0.5, 0.6) is 11.5 Å². The maximum absolute atomic E-state index is 13.9. The van der Waals surface area contributed by atoms with Crippen molar-refractivity contribution in [1.82, 2.24) is 9.62 Å². The monoisotopic (exact) mass is 805 g/mol. The van der Waals surface area contributed by atoms with Gasteiger partial charge in [0.05, 0.1) is 10.5 Å². The van der Waals surface area contributed by atoms with Crippen molar-refractivity contribution in [3.63, 3.8) is 0 Å². The third kappa shape index (κ3) is 9.23. The molecule has 0 radical (unpaired) electrons. The van der Waals surface area contributed by atoms with Crippen LogP contribution < -0.4 is 25.0 Å². The van der Waals surface area contributed by atoms with Gasteiger partial charge in [0.1, 0.15) is 11.5 Å². The normalized spacial score (nSPS) is 16.1. The number of rotatable bonds is 12. The molecular formula is C45H48ClN5O5S. The summed E-state index contributed by atoms with van der Waals surface area (Å²) >= 11 is 6.17. The Balaban J connectivity index is 0.979. The number of piperazine rings is 1. The van der Waals surface area contributed by atoms with Gasteiger partial charge in [0.25, 0.3) is 15.9 Å². The molecule has 0 aromatic heterocycles. The van der Waals surface area contributed by atoms with E-state index < -0.39 is 15.9 Å². The van der Waals surface area contributed by atoms with Crippen LogP contribution in [0, 0.1) is 12.8 Å². The first-order valence-corrected chi connectivity index (χ1v) is 21.5. The van der Waals surface area contributed by atoms with E-state index in [0.717, 1.165) is 117 Å². The number of hydrogen-bond donors (Lipinski definition) is 3. The largest absolute Gasteiger partial charge is 0.456 e. The average molecular weight is 806 g/mol. The van der Waals surface area contributed by atoms with E-state index in [9.17, 15) is 13.2 Å². The van der Waals surface area contributed by atoms with Crippen LogP contribution in [-0.4, -0.2) is 71.7 Å². The molecule has 0 atom stereocenters. The molecule has 5 aromatic carbocycles. The zero-order valence-corrected chi connectivity index (χ0v) is 33.7. The number of ether oxygens (including phenoxy) is 2. The lowest BCUT2D eigenvalue weighted by Crippen LogP contribution is -2.46. The number of carbonyl (C=O) groups is 1. The Hall–Kier alpha value is -5.07. The Morgan fingerprint density at radius 3 is 2.49 bits per heavy atom. The summed E-state index contributed by atoms with van der Waals surface area (Å²) in [5, 5.41) is 7.54. The minimum Gasteiger partial charge on any atom is -0.456 e. The van der Waals surface area contributed by atoms with E-state index in [0.29, 0.717) is 11.7 Å². The van der Waals surface area contributed by atoms with Crippen LogP contribution in [0.2, 0.25) is 5.02 Å². The van der Waals surface area contributed by atoms with Gasteiger partial charge in [-0.3, -0.25) is 9.69 Å². The highest BCUT2D eigenvalue weighted by molar-refractivity contribution is 7.90. The number of nitrogens with one attached hydrogen (secondary N) is 3. The van der Waals surface area contributed by atoms with Crippen LogP contribution in [0.25, 0.3) is 11.1 Å². The Morgan fingerprint density at radius 2 is 1.70 bits per heavy atom. The standard InChI is InChI=1S/C45H48ClN5O5S/c1-31-26-39(12-15-42(31)48-29-32-17-24-55-25-18-32)57(53,54)49-45(52)41-13-10-37(28-44(41)56-38-11-14-43-34(27-38)16-19-47-43)51-22-20-50(21-23-51)30-35-4-2-3-5-40(35)33-6-8-36(46)9-7-33/h2-15,26-28,32,47-48H,16-25,29-30H2,1H3,(H,49,52). The molecular weight excluding hydrogens is 758 g/mol. The van der Waals surface area contributed by atoms with Gasteiger partial charge in [-0.15, -0.1) is 0 Å². The predicted molar refractivity (Wildman–Crippen MR) is 227 cm³/mol. The summed E-state index contributed by atoms with van der Waals surface area (Å²) in [5.74, 6) is 0.614. The number of halogens is 1. The number of anilines is 3. The number of nitrogens with zero attached hydrogens (tertiary/aromatic N) is 2. The van der Waals surface area contributed by atoms with Crippen molar-refractivity contribution in [1.29, 1.82) is 0 Å². The molecule has 296 valence electrons. The lowest BCUT2D eigenvalue weighted by atomic mass is 9.99. The van der Waals surface area contributed by atoms with Gasteiger partial charge in [-0.05, 0) is 121 Å². The first-order valence-electron chi connectivity index (χ1n) is 19.7. The number of sulfonamides is 1. The van der Waals surface area contributed by atoms with E-state index in [-0.39, 0.29) is 16.2 Å². The molecule has 1 amide bonds. The maximum atomic E-state index is 13.9. The van der Waals surface area contributed by atoms with Gasteiger partial charge in [-0.25, -0.2) is 13.1 Å². The molecule has 0 unspecified atom stereocenters. The fourth-order valence-corrected chi connectivity index (χ4v) is 9.05. The molecule has 0 bridgehead atoms. The first-order chi connectivity index (χ1) is 27.7. The van der Waals surface area contributed by atoms with Crippen LogP contribution >= 0.6 is 11.6 Å². The zero-order chi connectivity index (χ0) is 39.4. The van der Waals surface area contributed by atoms with Crippen molar-refractivity contribution in [2.24, 2.45) is 5.92 Å². The van der Waals surface area contributed by atoms with Crippen molar-refractivity contribution >= 4 is 44.6 Å². The van der Waals surface area contributed by atoms with Crippen molar-refractivity contribution in [2.45, 2.75) is 37.6 Å². The van der Waals surface area contributed by atoms with E-state index in [1.54, 1.807) is 18.2 Å². The number of fused-ring (bicyclic) bond motifs is 1. The van der Waals surface area contributed by atoms with E-state index in [1.807, 2.05) is 49.4 Å². The van der Waals surface area contributed by atoms with Gasteiger partial charge in [0.15, 0.2) is 0 Å². The molecule has 10 nitrogen and oxygen atoms in total. The Morgan fingerprint density at radius 1 is 0.912 bits per heavy atom. The number of aryl methyl sites for hydroxylation is 1. The van der Waals surface area contributed by atoms with E-state index in [2.05, 4.69) is 61.6 Å². The molecule has 3 aliphatic rings. The zero-order valence-electron chi connectivity index (χ0n) is 32.1. The second-order valence-corrected chi connectivity index (χ2v) is 17.2. The van der Waals surface area contributed by atoms with Crippen molar-refractivity contribution < 1.29 is 22.7 Å². The summed E-state index contributed by atoms with van der Waals surface area (Å²) in [7, 11) is -4.19. The molecule has 3 aliphatic heterocycles. The van der Waals surface area contributed by atoms with Crippen LogP contribution in [0.4, 0.5) is 17.1 Å². The highest BCUT2D eigenvalue weighted by Gasteiger charge is 2.25. The quantitative estimate of drug-likeness (QED) is 0.115. The molecule has 5 aromatic rings. The number of amides is 1. The smallest absolute Gasteiger partial charge is 0.268 e. The Kier molecular flexibility index (Phi) is 11.7. The topological polar surface area (TPSA) is 112 Å². The van der Waals surface area contributed by atoms with Gasteiger partial charge in [-0.2, -0.15) is 0 Å². The Bertz CT molecular complexity index is 2340. The predicted octanol–water partition coefficient (Wildman–Crippen LogP) is 8.36. The molecule has 0 aliphatic carbocycles. The molecule has 3 N–H and O–H groups in total. The van der Waals surface area contributed by atoms with Gasteiger partial charge >= 0.3 is 0 Å². The minimum atomic E-state index is -4.19. The second-order valence-electron chi connectivity index (χ2n) is 15.1. The van der Waals surface area contributed by atoms with Gasteiger partial charge in [0.2, 0.25) is 0 Å². The maximum Gasteiger partial charge on any atom is 0.268 e. The highest BCUT2D eigenvalue weighted by atomic mass is 35.5. The van der Waals surface area contributed by atoms with Crippen LogP contribution in [0.1, 0.15) is 39.9 Å². The lowest BCUT2D eigenvalue weighted by molar-refractivity contribution is 0.0699. The van der Waals surface area contributed by atoms with Gasteiger partial charge in [0, 0.05) is 87.2 Å². The third-order valence-corrected chi connectivity index (χ3v) is 12.8. The summed E-state index contributed by atoms with van der Waals surface area (Å²) in [5.41, 5.74) is 8.46. The molecule has 57 heavy (non-hydrogen) atoms. The summed E-state index contributed by atoms with van der Waals surface area (Å²) in [6.07, 6.45) is 2.87. The summed E-state index contributed by atoms with van der Waals surface area (Å²) in [6, 6.07) is 32.5. The minimum absolute atomic E-state index is 0.0174. The number of benzene rings is 5. The molecule has 2 saturated heterocycles. The highest BCUT2D eigenvalue weighted by Crippen LogP contribution is 2.35. The summed E-state index contributed by atoms with van der Waals surface area (Å²) < 4.78 is 41.5. The van der Waals surface area contributed by atoms with Gasteiger partial charge < -0.3 is 25.0 Å². The molecule has 0 spiro atoms. The fourth-order valence-electron chi connectivity index (χ4n) is 7.87. The molecule has 0 saturated carbocycles. The van der Waals surface area contributed by atoms with Crippen molar-refractivity contribution in [3.05, 3.63) is 130 Å². The fraction of sp³-hybridized carbons (Fsp3) is 0.311. The molecule has 3 heterocycles. The SMILES string of the molecule is Cc1cc(S(=O)(=O)NC(=O)c2ccc(N3CCN(Cc4ccccc4-c4ccc(Cl)cc4)CC3)cc2Oc2ccc3c(c2)CCN3)ccc1NCC1CCOCC1. The van der Waals surface area contributed by atoms with Crippen LogP contribution in [0.15, 0.2) is 108 Å². The van der Waals surface area contributed by atoms with Crippen LogP contribution in [-0.2, 0) is 27.7 Å². The van der Waals surface area contributed by atoms with Crippen LogP contribution in [0.3, 0.4) is 0 Å². The summed E-state index contributed by atoms with van der Waals surface area (Å²) in [4.78, 5) is 18.6. The van der Waals surface area contributed by atoms with E-state index in [1.165, 1.54) is 17.2 Å². The van der Waals surface area contributed by atoms with Gasteiger partial charge in [-0.1, -0.05) is 48.0 Å². The third-order valence-electron chi connectivity index (χ3n) is 11.2. The van der Waals surface area contributed by atoms with Crippen molar-refractivity contribution in [2.75, 3.05) is 68.0 Å².